The zero-order valence-electron chi connectivity index (χ0n) is 20.9. The van der Waals surface area contributed by atoms with Gasteiger partial charge in [-0.15, -0.1) is 12.3 Å². The van der Waals surface area contributed by atoms with Crippen molar-refractivity contribution in [3.05, 3.63) is 82.9 Å². The van der Waals surface area contributed by atoms with Crippen molar-refractivity contribution in [2.45, 2.75) is 19.3 Å². The van der Waals surface area contributed by atoms with Crippen LogP contribution in [0.5, 0.6) is 5.75 Å². The summed E-state index contributed by atoms with van der Waals surface area (Å²) < 4.78 is 45.6. The lowest BCUT2D eigenvalue weighted by Gasteiger charge is -2.36. The predicted molar refractivity (Wildman–Crippen MR) is 143 cm³/mol. The van der Waals surface area contributed by atoms with Crippen LogP contribution in [0, 0.1) is 19.3 Å². The van der Waals surface area contributed by atoms with Gasteiger partial charge in [-0.3, -0.25) is 0 Å². The van der Waals surface area contributed by atoms with E-state index in [1.807, 2.05) is 36.1 Å². The van der Waals surface area contributed by atoms with Crippen LogP contribution in [0.1, 0.15) is 28.2 Å². The van der Waals surface area contributed by atoms with Crippen molar-refractivity contribution in [2.75, 3.05) is 37.7 Å². The fraction of sp³-hybridized carbons (Fsp3) is 0.276. The number of hydrogen-bond acceptors (Lipinski definition) is 6. The zero-order valence-corrected chi connectivity index (χ0v) is 21.7. The Hall–Kier alpha value is -4.03. The molecule has 0 saturated carbocycles. The Morgan fingerprint density at radius 3 is 2.21 bits per heavy atom. The van der Waals surface area contributed by atoms with Gasteiger partial charge in [0.05, 0.1) is 0 Å². The molecule has 3 aromatic rings. The lowest BCUT2D eigenvalue weighted by molar-refractivity contribution is 0.0976. The summed E-state index contributed by atoms with van der Waals surface area (Å²) in [6.07, 6.45) is 5.32. The number of halogens is 1. The Kier molecular flexibility index (Phi) is 7.00. The number of benzene rings is 3. The first-order valence-electron chi connectivity index (χ1n) is 12.3. The van der Waals surface area contributed by atoms with E-state index >= 15 is 0 Å². The van der Waals surface area contributed by atoms with Crippen LogP contribution >= 0.6 is 0 Å². The molecule has 0 atom stereocenters. The van der Waals surface area contributed by atoms with Gasteiger partial charge in [-0.2, -0.15) is 8.42 Å². The van der Waals surface area contributed by atoms with Crippen LogP contribution in [0.3, 0.4) is 0 Å². The Morgan fingerprint density at radius 1 is 1.03 bits per heavy atom. The maximum absolute atomic E-state index is 13.2. The van der Waals surface area contributed by atoms with Gasteiger partial charge in [-0.05, 0) is 46.4 Å². The summed E-state index contributed by atoms with van der Waals surface area (Å²) in [4.78, 5) is 16.6. The number of rotatable bonds is 6. The first-order valence-corrected chi connectivity index (χ1v) is 13.6. The van der Waals surface area contributed by atoms with Crippen molar-refractivity contribution in [1.82, 2.24) is 4.90 Å². The average Bonchev–Trinajstić information content (AvgIpc) is 3.22. The molecule has 5 rings (SSSR count). The minimum Gasteiger partial charge on any atom is -0.448 e. The molecule has 3 aromatic carbocycles. The molecule has 2 aliphatic rings. The van der Waals surface area contributed by atoms with Gasteiger partial charge in [0, 0.05) is 50.3 Å². The number of carbonyl (C=O) groups is 1. The Labute approximate surface area is 222 Å². The summed E-state index contributed by atoms with van der Waals surface area (Å²) >= 11 is 0. The standard InChI is InChI=1S/C29H27FN2O5S/c1-3-8-21-17-22(37-38(30,34)35)18-28(20(21)2)31-13-15-32(16-14-31)29(33)36-19-27-25-11-6-4-9-23(25)24-10-5-7-12-26(24)27/h1,4-7,9-12,17-18,27H,8,13-16,19H2,2H3. The fourth-order valence-electron chi connectivity index (χ4n) is 5.33. The maximum Gasteiger partial charge on any atom is 0.488 e. The van der Waals surface area contributed by atoms with Gasteiger partial charge in [0.25, 0.3) is 0 Å². The predicted octanol–water partition coefficient (Wildman–Crippen LogP) is 4.83. The SMILES string of the molecule is C#CCc1cc(OS(=O)(=O)F)cc(N2CCN(C(=O)OCC3c4ccccc4-c4ccccc43)CC2)c1C. The minimum atomic E-state index is -5.18. The van der Waals surface area contributed by atoms with Crippen LogP contribution in [0.4, 0.5) is 14.4 Å². The molecule has 1 saturated heterocycles. The topological polar surface area (TPSA) is 76.2 Å². The van der Waals surface area contributed by atoms with Crippen LogP contribution < -0.4 is 9.08 Å². The normalized spacial score (nSPS) is 15.0. The second-order valence-electron chi connectivity index (χ2n) is 9.36. The second kappa shape index (κ2) is 10.4. The third-order valence-corrected chi connectivity index (χ3v) is 7.56. The molecule has 0 spiro atoms. The molecule has 1 amide bonds. The highest BCUT2D eigenvalue weighted by Gasteiger charge is 2.30. The molecule has 7 nitrogen and oxygen atoms in total. The monoisotopic (exact) mass is 534 g/mol. The molecule has 196 valence electrons. The highest BCUT2D eigenvalue weighted by molar-refractivity contribution is 7.81. The van der Waals surface area contributed by atoms with E-state index in [0.29, 0.717) is 37.4 Å². The lowest BCUT2D eigenvalue weighted by Crippen LogP contribution is -2.49. The van der Waals surface area contributed by atoms with E-state index in [1.54, 1.807) is 4.90 Å². The summed E-state index contributed by atoms with van der Waals surface area (Å²) in [6, 6.07) is 19.3. The molecule has 1 fully saturated rings. The molecule has 0 unspecified atom stereocenters. The number of ether oxygens (including phenoxy) is 1. The van der Waals surface area contributed by atoms with Crippen molar-refractivity contribution in [1.29, 1.82) is 0 Å². The minimum absolute atomic E-state index is 0.0145. The van der Waals surface area contributed by atoms with Gasteiger partial charge in [-0.1, -0.05) is 52.4 Å². The van der Waals surface area contributed by atoms with E-state index in [0.717, 1.165) is 16.7 Å². The Bertz CT molecular complexity index is 1480. The van der Waals surface area contributed by atoms with Crippen LogP contribution in [0.15, 0.2) is 60.7 Å². The second-order valence-corrected chi connectivity index (χ2v) is 10.3. The number of terminal acetylenes is 1. The Morgan fingerprint density at radius 2 is 1.63 bits per heavy atom. The van der Waals surface area contributed by atoms with E-state index in [4.69, 9.17) is 11.2 Å². The van der Waals surface area contributed by atoms with E-state index in [-0.39, 0.29) is 30.8 Å². The number of amides is 1. The molecule has 1 heterocycles. The summed E-state index contributed by atoms with van der Waals surface area (Å²) in [7, 11) is -5.18. The lowest BCUT2D eigenvalue weighted by atomic mass is 9.98. The quantitative estimate of drug-likeness (QED) is 0.333. The van der Waals surface area contributed by atoms with E-state index in [9.17, 15) is 17.1 Å². The van der Waals surface area contributed by atoms with Gasteiger partial charge in [0.1, 0.15) is 12.4 Å². The maximum atomic E-state index is 13.2. The van der Waals surface area contributed by atoms with E-state index < -0.39 is 10.5 Å². The first kappa shape index (κ1) is 25.6. The van der Waals surface area contributed by atoms with Gasteiger partial charge < -0.3 is 18.7 Å². The van der Waals surface area contributed by atoms with Crippen LogP contribution in [0.25, 0.3) is 11.1 Å². The smallest absolute Gasteiger partial charge is 0.448 e. The third kappa shape index (κ3) is 5.18. The van der Waals surface area contributed by atoms with Gasteiger partial charge >= 0.3 is 16.6 Å². The summed E-state index contributed by atoms with van der Waals surface area (Å²) in [5, 5.41) is 0. The summed E-state index contributed by atoms with van der Waals surface area (Å²) in [6.45, 7) is 3.89. The fourth-order valence-corrected chi connectivity index (χ4v) is 5.66. The number of fused-ring (bicyclic) bond motifs is 3. The van der Waals surface area contributed by atoms with Crippen LogP contribution in [-0.2, 0) is 21.7 Å². The summed E-state index contributed by atoms with van der Waals surface area (Å²) in [5.41, 5.74) is 6.85. The van der Waals surface area contributed by atoms with Gasteiger partial charge in [0.2, 0.25) is 0 Å². The van der Waals surface area contributed by atoms with E-state index in [2.05, 4.69) is 34.4 Å². The molecule has 38 heavy (non-hydrogen) atoms. The molecule has 0 N–H and O–H groups in total. The van der Waals surface area contributed by atoms with Crippen molar-refractivity contribution in [3.8, 4) is 29.2 Å². The van der Waals surface area contributed by atoms with Crippen LogP contribution in [-0.4, -0.2) is 52.2 Å². The largest absolute Gasteiger partial charge is 0.488 e. The number of nitrogens with zero attached hydrogens (tertiary/aromatic N) is 2. The molecular formula is C29H27FN2O5S. The highest BCUT2D eigenvalue weighted by Crippen LogP contribution is 2.44. The number of piperazine rings is 1. The molecule has 0 aromatic heterocycles. The van der Waals surface area contributed by atoms with Crippen molar-refractivity contribution in [2.24, 2.45) is 0 Å². The average molecular weight is 535 g/mol. The van der Waals surface area contributed by atoms with Gasteiger partial charge in [0.15, 0.2) is 0 Å². The zero-order chi connectivity index (χ0) is 26.9. The van der Waals surface area contributed by atoms with Crippen LogP contribution in [0.2, 0.25) is 0 Å². The third-order valence-electron chi connectivity index (χ3n) is 7.16. The van der Waals surface area contributed by atoms with Gasteiger partial charge in [-0.25, -0.2) is 4.79 Å². The number of anilines is 1. The summed E-state index contributed by atoms with van der Waals surface area (Å²) in [5.74, 6) is 2.37. The molecule has 9 heteroatoms. The van der Waals surface area contributed by atoms with Crippen molar-refractivity contribution >= 4 is 22.3 Å². The molecule has 0 radical (unpaired) electrons. The molecular weight excluding hydrogens is 507 g/mol. The molecule has 1 aliphatic carbocycles. The number of carbonyl (C=O) groups excluding carboxylic acids is 1. The van der Waals surface area contributed by atoms with Crippen molar-refractivity contribution < 1.29 is 26.0 Å². The highest BCUT2D eigenvalue weighted by atomic mass is 32.3. The molecule has 1 aliphatic heterocycles. The molecule has 0 bridgehead atoms. The first-order chi connectivity index (χ1) is 18.2. The van der Waals surface area contributed by atoms with Crippen molar-refractivity contribution in [3.63, 3.8) is 0 Å². The number of hydrogen-bond donors (Lipinski definition) is 0. The Balaban J connectivity index is 1.25. The van der Waals surface area contributed by atoms with E-state index in [1.165, 1.54) is 23.3 Å².